The Morgan fingerprint density at radius 3 is 2.70 bits per heavy atom. The van der Waals surface area contributed by atoms with Crippen molar-refractivity contribution in [3.8, 4) is 0 Å². The van der Waals surface area contributed by atoms with Crippen molar-refractivity contribution in [3.05, 3.63) is 35.9 Å². The van der Waals surface area contributed by atoms with Gasteiger partial charge in [-0.3, -0.25) is 0 Å². The van der Waals surface area contributed by atoms with Crippen molar-refractivity contribution in [2.75, 3.05) is 6.61 Å². The summed E-state index contributed by atoms with van der Waals surface area (Å²) in [6, 6.07) is 9.34. The van der Waals surface area contributed by atoms with Crippen molar-refractivity contribution < 1.29 is 14.6 Å². The predicted octanol–water partition coefficient (Wildman–Crippen LogP) is 2.85. The molecule has 4 nitrogen and oxygen atoms in total. The SMILES string of the molecule is CC1(CCC(CO)NC(=O)OCc2ccccc2)CC1. The average Bonchev–Trinajstić information content (AvgIpc) is 3.20. The number of ether oxygens (including phenoxy) is 1. The summed E-state index contributed by atoms with van der Waals surface area (Å²) in [6.45, 7) is 2.45. The zero-order valence-corrected chi connectivity index (χ0v) is 12.0. The molecule has 20 heavy (non-hydrogen) atoms. The number of hydrogen-bond acceptors (Lipinski definition) is 3. The fraction of sp³-hybridized carbons (Fsp3) is 0.562. The lowest BCUT2D eigenvalue weighted by atomic mass is 10.00. The highest BCUT2D eigenvalue weighted by Crippen LogP contribution is 2.49. The molecule has 1 fully saturated rings. The molecule has 1 amide bonds. The number of carbonyl (C=O) groups is 1. The molecule has 2 N–H and O–H groups in total. The third-order valence-corrected chi connectivity index (χ3v) is 3.96. The maximum absolute atomic E-state index is 11.7. The molecule has 4 heteroatoms. The van der Waals surface area contributed by atoms with Crippen molar-refractivity contribution in [1.82, 2.24) is 5.32 Å². The molecule has 1 aliphatic rings. The topological polar surface area (TPSA) is 58.6 Å². The van der Waals surface area contributed by atoms with E-state index in [1.165, 1.54) is 12.8 Å². The number of rotatable bonds is 7. The van der Waals surface area contributed by atoms with Crippen molar-refractivity contribution in [2.45, 2.75) is 45.3 Å². The quantitative estimate of drug-likeness (QED) is 0.805. The number of aliphatic hydroxyl groups excluding tert-OH is 1. The Hall–Kier alpha value is -1.55. The fourth-order valence-electron chi connectivity index (χ4n) is 2.13. The van der Waals surface area contributed by atoms with E-state index in [9.17, 15) is 9.90 Å². The standard InChI is InChI=1S/C16H23NO3/c1-16(9-10-16)8-7-14(11-18)17-15(19)20-12-13-5-3-2-4-6-13/h2-6,14,18H,7-12H2,1H3,(H,17,19). The number of amides is 1. The summed E-state index contributed by atoms with van der Waals surface area (Å²) in [5.41, 5.74) is 1.39. The fourth-order valence-corrected chi connectivity index (χ4v) is 2.13. The molecule has 1 saturated carbocycles. The summed E-state index contributed by atoms with van der Waals surface area (Å²) < 4.78 is 5.15. The van der Waals surface area contributed by atoms with Gasteiger partial charge in [-0.05, 0) is 36.7 Å². The Balaban J connectivity index is 1.68. The summed E-state index contributed by atoms with van der Waals surface area (Å²) in [6.07, 6.45) is 3.88. The lowest BCUT2D eigenvalue weighted by Crippen LogP contribution is -2.38. The van der Waals surface area contributed by atoms with E-state index in [0.29, 0.717) is 5.41 Å². The van der Waals surface area contributed by atoms with E-state index in [1.54, 1.807) is 0 Å². The molecule has 0 aromatic heterocycles. The number of hydrogen-bond donors (Lipinski definition) is 2. The van der Waals surface area contributed by atoms with Crippen LogP contribution in [0.3, 0.4) is 0 Å². The van der Waals surface area contributed by atoms with Crippen LogP contribution in [0.4, 0.5) is 4.79 Å². The number of nitrogens with one attached hydrogen (secondary N) is 1. The Labute approximate surface area is 120 Å². The van der Waals surface area contributed by atoms with E-state index in [0.717, 1.165) is 18.4 Å². The summed E-state index contributed by atoms with van der Waals surface area (Å²) in [5.74, 6) is 0. The number of carbonyl (C=O) groups excluding carboxylic acids is 1. The zero-order valence-electron chi connectivity index (χ0n) is 12.0. The highest BCUT2D eigenvalue weighted by molar-refractivity contribution is 5.67. The van der Waals surface area contributed by atoms with Gasteiger partial charge in [0, 0.05) is 0 Å². The smallest absolute Gasteiger partial charge is 0.407 e. The van der Waals surface area contributed by atoms with Crippen LogP contribution in [0, 0.1) is 5.41 Å². The van der Waals surface area contributed by atoms with E-state index >= 15 is 0 Å². The van der Waals surface area contributed by atoms with E-state index in [1.807, 2.05) is 30.3 Å². The number of alkyl carbamates (subject to hydrolysis) is 1. The Morgan fingerprint density at radius 1 is 1.40 bits per heavy atom. The van der Waals surface area contributed by atoms with Gasteiger partial charge in [-0.1, -0.05) is 37.3 Å². The van der Waals surface area contributed by atoms with Crippen LogP contribution >= 0.6 is 0 Å². The maximum atomic E-state index is 11.7. The first-order valence-electron chi connectivity index (χ1n) is 7.19. The van der Waals surface area contributed by atoms with Crippen LogP contribution in [0.1, 0.15) is 38.2 Å². The van der Waals surface area contributed by atoms with E-state index in [2.05, 4.69) is 12.2 Å². The van der Waals surface area contributed by atoms with Gasteiger partial charge < -0.3 is 15.2 Å². The zero-order chi connectivity index (χ0) is 14.4. The van der Waals surface area contributed by atoms with Gasteiger partial charge in [0.1, 0.15) is 6.61 Å². The van der Waals surface area contributed by atoms with Crippen LogP contribution in [-0.2, 0) is 11.3 Å². The molecule has 2 rings (SSSR count). The molecule has 1 atom stereocenters. The van der Waals surface area contributed by atoms with Crippen molar-refractivity contribution in [2.24, 2.45) is 5.41 Å². The van der Waals surface area contributed by atoms with Crippen LogP contribution in [0.15, 0.2) is 30.3 Å². The van der Waals surface area contributed by atoms with E-state index in [4.69, 9.17) is 4.74 Å². The number of benzene rings is 1. The first-order valence-corrected chi connectivity index (χ1v) is 7.19. The Bertz CT molecular complexity index is 429. The first kappa shape index (κ1) is 14.9. The summed E-state index contributed by atoms with van der Waals surface area (Å²) in [4.78, 5) is 11.7. The lowest BCUT2D eigenvalue weighted by Gasteiger charge is -2.18. The van der Waals surface area contributed by atoms with Gasteiger partial charge >= 0.3 is 6.09 Å². The summed E-state index contributed by atoms with van der Waals surface area (Å²) >= 11 is 0. The molecule has 0 radical (unpaired) electrons. The molecule has 1 aromatic carbocycles. The Morgan fingerprint density at radius 2 is 2.10 bits per heavy atom. The molecule has 0 saturated heterocycles. The van der Waals surface area contributed by atoms with Gasteiger partial charge in [-0.25, -0.2) is 4.79 Å². The van der Waals surface area contributed by atoms with Gasteiger partial charge in [0.05, 0.1) is 12.6 Å². The Kier molecular flexibility index (Phi) is 5.01. The van der Waals surface area contributed by atoms with Crippen LogP contribution in [0.5, 0.6) is 0 Å². The van der Waals surface area contributed by atoms with E-state index < -0.39 is 6.09 Å². The van der Waals surface area contributed by atoms with Crippen molar-refractivity contribution in [3.63, 3.8) is 0 Å². The van der Waals surface area contributed by atoms with Crippen LogP contribution in [0.25, 0.3) is 0 Å². The molecule has 1 aromatic rings. The minimum Gasteiger partial charge on any atom is -0.445 e. The molecule has 0 heterocycles. The first-order chi connectivity index (χ1) is 9.61. The highest BCUT2D eigenvalue weighted by Gasteiger charge is 2.37. The van der Waals surface area contributed by atoms with Gasteiger partial charge in [0.15, 0.2) is 0 Å². The monoisotopic (exact) mass is 277 g/mol. The minimum atomic E-state index is -0.464. The van der Waals surface area contributed by atoms with Crippen LogP contribution in [-0.4, -0.2) is 23.8 Å². The third-order valence-electron chi connectivity index (χ3n) is 3.96. The molecule has 1 aliphatic carbocycles. The average molecular weight is 277 g/mol. The maximum Gasteiger partial charge on any atom is 0.407 e. The van der Waals surface area contributed by atoms with Crippen molar-refractivity contribution in [1.29, 1.82) is 0 Å². The molecule has 0 bridgehead atoms. The molecular formula is C16H23NO3. The summed E-state index contributed by atoms with van der Waals surface area (Å²) in [5, 5.41) is 12.0. The van der Waals surface area contributed by atoms with Crippen LogP contribution < -0.4 is 5.32 Å². The lowest BCUT2D eigenvalue weighted by molar-refractivity contribution is 0.127. The largest absolute Gasteiger partial charge is 0.445 e. The number of aliphatic hydroxyl groups is 1. The molecule has 0 aliphatic heterocycles. The van der Waals surface area contributed by atoms with Crippen LogP contribution in [0.2, 0.25) is 0 Å². The van der Waals surface area contributed by atoms with Crippen molar-refractivity contribution >= 4 is 6.09 Å². The van der Waals surface area contributed by atoms with E-state index in [-0.39, 0.29) is 19.3 Å². The normalized spacial score (nSPS) is 17.3. The highest BCUT2D eigenvalue weighted by atomic mass is 16.5. The van der Waals surface area contributed by atoms with Gasteiger partial charge in [0.2, 0.25) is 0 Å². The van der Waals surface area contributed by atoms with Gasteiger partial charge in [-0.2, -0.15) is 0 Å². The molecule has 110 valence electrons. The molecular weight excluding hydrogens is 254 g/mol. The van der Waals surface area contributed by atoms with Gasteiger partial charge in [-0.15, -0.1) is 0 Å². The second-order valence-corrected chi connectivity index (χ2v) is 5.93. The minimum absolute atomic E-state index is 0.0451. The predicted molar refractivity (Wildman–Crippen MR) is 77.2 cm³/mol. The molecule has 1 unspecified atom stereocenters. The second kappa shape index (κ2) is 6.75. The second-order valence-electron chi connectivity index (χ2n) is 5.93. The molecule has 0 spiro atoms. The van der Waals surface area contributed by atoms with Gasteiger partial charge in [0.25, 0.3) is 0 Å². The summed E-state index contributed by atoms with van der Waals surface area (Å²) in [7, 11) is 0. The third kappa shape index (κ3) is 4.85.